The molecule has 1 aromatic carbocycles. The number of nitrogens with two attached hydrogens (primary N) is 1. The molecule has 0 aliphatic carbocycles. The fraction of sp³-hybridized carbons (Fsp3) is 0.500. The molecular formula is C14H22N4O. The molecule has 0 bridgehead atoms. The predicted octanol–water partition coefficient (Wildman–Crippen LogP) is 1.73. The van der Waals surface area contributed by atoms with Crippen molar-refractivity contribution in [3.63, 3.8) is 0 Å². The van der Waals surface area contributed by atoms with Gasteiger partial charge in [0.05, 0.1) is 0 Å². The lowest BCUT2D eigenvalue weighted by Crippen LogP contribution is -2.38. The van der Waals surface area contributed by atoms with Crippen LogP contribution in [0.4, 0.5) is 16.2 Å². The second kappa shape index (κ2) is 6.43. The van der Waals surface area contributed by atoms with Crippen LogP contribution in [0.5, 0.6) is 0 Å². The number of urea groups is 1. The Balaban J connectivity index is 1.73. The molecule has 1 heterocycles. The number of hydrogen-bond donors (Lipinski definition) is 3. The molecule has 1 aliphatic heterocycles. The number of nitrogens with one attached hydrogen (secondary N) is 2. The third kappa shape index (κ3) is 4.44. The minimum absolute atomic E-state index is 0.162. The van der Waals surface area contributed by atoms with Gasteiger partial charge in [0, 0.05) is 17.9 Å². The molecule has 1 saturated heterocycles. The molecule has 4 N–H and O–H groups in total. The van der Waals surface area contributed by atoms with Crippen molar-refractivity contribution < 1.29 is 4.79 Å². The van der Waals surface area contributed by atoms with Gasteiger partial charge in [-0.25, -0.2) is 4.79 Å². The van der Waals surface area contributed by atoms with Crippen molar-refractivity contribution >= 4 is 17.4 Å². The van der Waals surface area contributed by atoms with Gasteiger partial charge in [-0.1, -0.05) is 6.07 Å². The maximum absolute atomic E-state index is 11.8. The lowest BCUT2D eigenvalue weighted by atomic mass is 9.97. The van der Waals surface area contributed by atoms with E-state index in [0.717, 1.165) is 38.2 Å². The number of nitrogen functional groups attached to an aromatic ring is 1. The van der Waals surface area contributed by atoms with Gasteiger partial charge in [0.25, 0.3) is 0 Å². The lowest BCUT2D eigenvalue weighted by molar-refractivity contribution is 0.213. The number of rotatable bonds is 3. The molecule has 0 spiro atoms. The Kier molecular flexibility index (Phi) is 4.63. The molecule has 0 aromatic heterocycles. The van der Waals surface area contributed by atoms with Gasteiger partial charge in [0.15, 0.2) is 0 Å². The van der Waals surface area contributed by atoms with E-state index in [4.69, 9.17) is 5.73 Å². The van der Waals surface area contributed by atoms with Crippen molar-refractivity contribution in [2.75, 3.05) is 37.7 Å². The summed E-state index contributed by atoms with van der Waals surface area (Å²) in [5, 5.41) is 5.72. The molecule has 5 heteroatoms. The number of carbonyl (C=O) groups excluding carboxylic acids is 1. The van der Waals surface area contributed by atoms with Crippen molar-refractivity contribution in [1.82, 2.24) is 10.2 Å². The van der Waals surface area contributed by atoms with Crippen molar-refractivity contribution in [2.45, 2.75) is 12.8 Å². The maximum Gasteiger partial charge on any atom is 0.319 e. The highest BCUT2D eigenvalue weighted by Crippen LogP contribution is 2.15. The quantitative estimate of drug-likeness (QED) is 0.727. The van der Waals surface area contributed by atoms with E-state index in [9.17, 15) is 4.79 Å². The molecule has 0 atom stereocenters. The van der Waals surface area contributed by atoms with Crippen LogP contribution in [0.3, 0.4) is 0 Å². The van der Waals surface area contributed by atoms with Gasteiger partial charge in [-0.15, -0.1) is 0 Å². The fourth-order valence-corrected chi connectivity index (χ4v) is 2.29. The highest BCUT2D eigenvalue weighted by molar-refractivity contribution is 5.89. The molecule has 19 heavy (non-hydrogen) atoms. The van der Waals surface area contributed by atoms with Gasteiger partial charge in [0.1, 0.15) is 0 Å². The minimum Gasteiger partial charge on any atom is -0.399 e. The highest BCUT2D eigenvalue weighted by atomic mass is 16.2. The first-order valence-electron chi connectivity index (χ1n) is 6.72. The van der Waals surface area contributed by atoms with E-state index in [1.807, 2.05) is 12.1 Å². The molecule has 0 unspecified atom stereocenters. The average Bonchev–Trinajstić information content (AvgIpc) is 2.38. The molecule has 1 aliphatic rings. The van der Waals surface area contributed by atoms with Crippen LogP contribution in [-0.2, 0) is 0 Å². The topological polar surface area (TPSA) is 70.4 Å². The minimum atomic E-state index is -0.162. The molecule has 2 amide bonds. The standard InChI is InChI=1S/C14H22N4O/c1-18-7-5-11(6-8-18)10-16-14(19)17-13-4-2-3-12(15)9-13/h2-4,9,11H,5-8,10,15H2,1H3,(H2,16,17,19). The van der Waals surface area contributed by atoms with Crippen LogP contribution in [-0.4, -0.2) is 37.6 Å². The summed E-state index contributed by atoms with van der Waals surface area (Å²) in [5.41, 5.74) is 7.03. The Morgan fingerprint density at radius 1 is 1.42 bits per heavy atom. The zero-order valence-corrected chi connectivity index (χ0v) is 11.4. The summed E-state index contributed by atoms with van der Waals surface area (Å²) in [6.07, 6.45) is 2.30. The Bertz CT molecular complexity index is 427. The van der Waals surface area contributed by atoms with Gasteiger partial charge >= 0.3 is 6.03 Å². The third-order valence-corrected chi connectivity index (χ3v) is 3.53. The summed E-state index contributed by atoms with van der Waals surface area (Å²) in [7, 11) is 2.14. The molecule has 1 fully saturated rings. The zero-order valence-electron chi connectivity index (χ0n) is 11.4. The van der Waals surface area contributed by atoms with Gasteiger partial charge in [0.2, 0.25) is 0 Å². The molecule has 104 valence electrons. The third-order valence-electron chi connectivity index (χ3n) is 3.53. The van der Waals surface area contributed by atoms with E-state index in [-0.39, 0.29) is 6.03 Å². The number of piperidine rings is 1. The Labute approximate surface area is 114 Å². The van der Waals surface area contributed by atoms with Crippen LogP contribution in [0.1, 0.15) is 12.8 Å². The SMILES string of the molecule is CN1CCC(CNC(=O)Nc2cccc(N)c2)CC1. The molecule has 0 saturated carbocycles. The second-order valence-corrected chi connectivity index (χ2v) is 5.21. The number of likely N-dealkylation sites (tertiary alicyclic amines) is 1. The van der Waals surface area contributed by atoms with Crippen LogP contribution in [0.2, 0.25) is 0 Å². The summed E-state index contributed by atoms with van der Waals surface area (Å²) in [4.78, 5) is 14.1. The predicted molar refractivity (Wildman–Crippen MR) is 78.1 cm³/mol. The van der Waals surface area contributed by atoms with E-state index < -0.39 is 0 Å². The summed E-state index contributed by atoms with van der Waals surface area (Å²) in [6.45, 7) is 2.97. The van der Waals surface area contributed by atoms with E-state index in [1.165, 1.54) is 0 Å². The summed E-state index contributed by atoms with van der Waals surface area (Å²) in [6, 6.07) is 7.02. The second-order valence-electron chi connectivity index (χ2n) is 5.21. The van der Waals surface area contributed by atoms with Crippen LogP contribution in [0, 0.1) is 5.92 Å². The first-order chi connectivity index (χ1) is 9.13. The monoisotopic (exact) mass is 262 g/mol. The number of anilines is 2. The van der Waals surface area contributed by atoms with Crippen molar-refractivity contribution in [1.29, 1.82) is 0 Å². The normalized spacial score (nSPS) is 17.1. The molecular weight excluding hydrogens is 240 g/mol. The zero-order chi connectivity index (χ0) is 13.7. The summed E-state index contributed by atoms with van der Waals surface area (Å²) >= 11 is 0. The van der Waals surface area contributed by atoms with Gasteiger partial charge < -0.3 is 21.3 Å². The summed E-state index contributed by atoms with van der Waals surface area (Å²) < 4.78 is 0. The number of amides is 2. The van der Waals surface area contributed by atoms with Gasteiger partial charge in [-0.05, 0) is 57.1 Å². The highest BCUT2D eigenvalue weighted by Gasteiger charge is 2.17. The molecule has 2 rings (SSSR count). The van der Waals surface area contributed by atoms with E-state index in [2.05, 4.69) is 22.6 Å². The van der Waals surface area contributed by atoms with Crippen LogP contribution in [0.15, 0.2) is 24.3 Å². The van der Waals surface area contributed by atoms with Gasteiger partial charge in [-0.3, -0.25) is 0 Å². The number of benzene rings is 1. The van der Waals surface area contributed by atoms with Crippen molar-refractivity contribution in [3.05, 3.63) is 24.3 Å². The first-order valence-corrected chi connectivity index (χ1v) is 6.72. The number of nitrogens with zero attached hydrogens (tertiary/aromatic N) is 1. The van der Waals surface area contributed by atoms with Crippen LogP contribution < -0.4 is 16.4 Å². The van der Waals surface area contributed by atoms with Crippen molar-refractivity contribution in [2.24, 2.45) is 5.92 Å². The van der Waals surface area contributed by atoms with Crippen molar-refractivity contribution in [3.8, 4) is 0 Å². The first kappa shape index (κ1) is 13.7. The smallest absolute Gasteiger partial charge is 0.319 e. The Hall–Kier alpha value is -1.75. The Morgan fingerprint density at radius 2 is 2.16 bits per heavy atom. The number of hydrogen-bond acceptors (Lipinski definition) is 3. The summed E-state index contributed by atoms with van der Waals surface area (Å²) in [5.74, 6) is 0.586. The number of carbonyl (C=O) groups is 1. The van der Waals surface area contributed by atoms with E-state index >= 15 is 0 Å². The van der Waals surface area contributed by atoms with E-state index in [1.54, 1.807) is 12.1 Å². The molecule has 1 aromatic rings. The Morgan fingerprint density at radius 3 is 2.84 bits per heavy atom. The molecule has 5 nitrogen and oxygen atoms in total. The fourth-order valence-electron chi connectivity index (χ4n) is 2.29. The van der Waals surface area contributed by atoms with E-state index in [0.29, 0.717) is 11.6 Å². The van der Waals surface area contributed by atoms with Crippen LogP contribution in [0.25, 0.3) is 0 Å². The van der Waals surface area contributed by atoms with Crippen LogP contribution >= 0.6 is 0 Å². The lowest BCUT2D eigenvalue weighted by Gasteiger charge is -2.28. The average molecular weight is 262 g/mol. The largest absolute Gasteiger partial charge is 0.399 e. The molecule has 0 radical (unpaired) electrons. The van der Waals surface area contributed by atoms with Gasteiger partial charge in [-0.2, -0.15) is 0 Å². The maximum atomic E-state index is 11.8.